The Morgan fingerprint density at radius 1 is 0.400 bits per heavy atom. The Morgan fingerprint density at radius 2 is 0.743 bits per heavy atom. The van der Waals surface area contributed by atoms with Crippen molar-refractivity contribution < 1.29 is 13.3 Å². The molecule has 5 nitrogen and oxygen atoms in total. The van der Waals surface area contributed by atoms with E-state index in [0.29, 0.717) is 19.8 Å². The highest BCUT2D eigenvalue weighted by atomic mass is 28.4. The van der Waals surface area contributed by atoms with Gasteiger partial charge in [0.2, 0.25) is 0 Å². The van der Waals surface area contributed by atoms with Crippen LogP contribution >= 0.6 is 0 Å². The molecule has 0 aliphatic rings. The van der Waals surface area contributed by atoms with Crippen molar-refractivity contribution in [2.45, 2.75) is 143 Å². The number of unbranched alkanes of at least 4 members (excludes halogenated alkanes) is 15. The second-order valence-electron chi connectivity index (χ2n) is 9.89. The molecule has 6 heteroatoms. The van der Waals surface area contributed by atoms with Crippen LogP contribution in [0, 0.1) is 0 Å². The average Bonchev–Trinajstić information content (AvgIpc) is 2.85. The van der Waals surface area contributed by atoms with E-state index in [1.54, 1.807) is 0 Å². The molecule has 0 unspecified atom stereocenters. The topological polar surface area (TPSA) is 51.8 Å². The summed E-state index contributed by atoms with van der Waals surface area (Å²) in [6.45, 7) is 14.5. The highest BCUT2D eigenvalue weighted by Crippen LogP contribution is 2.18. The van der Waals surface area contributed by atoms with Crippen molar-refractivity contribution in [3.8, 4) is 0 Å². The van der Waals surface area contributed by atoms with Crippen molar-refractivity contribution in [2.24, 2.45) is 0 Å². The molecule has 0 atom stereocenters. The van der Waals surface area contributed by atoms with Gasteiger partial charge in [-0.05, 0) is 46.7 Å². The van der Waals surface area contributed by atoms with Crippen LogP contribution in [-0.2, 0) is 13.3 Å². The normalized spacial score (nSPS) is 12.0. The van der Waals surface area contributed by atoms with Gasteiger partial charge in [-0.2, -0.15) is 0 Å². The third-order valence-corrected chi connectivity index (χ3v) is 9.77. The summed E-state index contributed by atoms with van der Waals surface area (Å²) in [7, 11) is -2.47. The summed E-state index contributed by atoms with van der Waals surface area (Å²) < 4.78 is 17.7. The molecule has 0 aliphatic carbocycles. The Morgan fingerprint density at radius 3 is 1.11 bits per heavy atom. The van der Waals surface area contributed by atoms with E-state index in [4.69, 9.17) is 13.3 Å². The highest BCUT2D eigenvalue weighted by Gasteiger charge is 2.39. The largest absolute Gasteiger partial charge is 0.500 e. The predicted molar refractivity (Wildman–Crippen MR) is 155 cm³/mol. The molecule has 0 rings (SSSR count). The molecule has 0 amide bonds. The third-order valence-electron chi connectivity index (χ3n) is 6.61. The van der Waals surface area contributed by atoms with Crippen LogP contribution in [0.1, 0.15) is 137 Å². The van der Waals surface area contributed by atoms with E-state index in [1.807, 2.05) is 20.8 Å². The first-order chi connectivity index (χ1) is 17.2. The Balaban J connectivity index is 3.32. The first kappa shape index (κ1) is 35.0. The zero-order chi connectivity index (χ0) is 25.7. The predicted octanol–water partition coefficient (Wildman–Crippen LogP) is 7.87. The van der Waals surface area contributed by atoms with Crippen LogP contribution in [0.5, 0.6) is 0 Å². The van der Waals surface area contributed by atoms with Crippen molar-refractivity contribution in [3.05, 3.63) is 0 Å². The Kier molecular flexibility index (Phi) is 28.6. The summed E-state index contributed by atoms with van der Waals surface area (Å²) in [5.41, 5.74) is 0. The number of hydrogen-bond donors (Lipinski definition) is 2. The summed E-state index contributed by atoms with van der Waals surface area (Å²) >= 11 is 0. The Labute approximate surface area is 221 Å². The molecular weight excluding hydrogens is 452 g/mol. The summed E-state index contributed by atoms with van der Waals surface area (Å²) in [5.74, 6) is 0. The fraction of sp³-hybridized carbons (Fsp3) is 1.00. The molecule has 0 heterocycles. The lowest BCUT2D eigenvalue weighted by Crippen LogP contribution is -2.46. The van der Waals surface area contributed by atoms with Gasteiger partial charge in [0.25, 0.3) is 0 Å². The van der Waals surface area contributed by atoms with Gasteiger partial charge in [0.05, 0.1) is 0 Å². The Hall–Kier alpha value is 0.0169. The molecule has 0 aromatic carbocycles. The van der Waals surface area contributed by atoms with Gasteiger partial charge in [-0.1, -0.05) is 103 Å². The molecular formula is C29H64N2O3Si. The van der Waals surface area contributed by atoms with Gasteiger partial charge >= 0.3 is 8.80 Å². The summed E-state index contributed by atoms with van der Waals surface area (Å²) in [5, 5.41) is 7.11. The van der Waals surface area contributed by atoms with Gasteiger partial charge in [0.15, 0.2) is 0 Å². The minimum absolute atomic E-state index is 0.656. The van der Waals surface area contributed by atoms with Gasteiger partial charge in [-0.15, -0.1) is 0 Å². The van der Waals surface area contributed by atoms with Crippen molar-refractivity contribution in [2.75, 3.05) is 46.0 Å². The van der Waals surface area contributed by atoms with E-state index in [1.165, 1.54) is 103 Å². The standard InChI is InChI=1S/C29H64N2O3Si/c1-5-9-10-11-12-13-14-15-16-17-18-19-20-21-22-23-25-30-27-28-31-26-24-29-35(32-6-2,33-7-3)34-8-4/h30-31H,5-29H2,1-4H3. The van der Waals surface area contributed by atoms with Crippen molar-refractivity contribution in [1.29, 1.82) is 0 Å². The van der Waals surface area contributed by atoms with E-state index >= 15 is 0 Å². The van der Waals surface area contributed by atoms with Crippen LogP contribution in [0.25, 0.3) is 0 Å². The summed E-state index contributed by atoms with van der Waals surface area (Å²) in [6.07, 6.45) is 23.9. The maximum absolute atomic E-state index is 5.91. The van der Waals surface area contributed by atoms with Gasteiger partial charge in [-0.3, -0.25) is 0 Å². The lowest BCUT2D eigenvalue weighted by atomic mass is 10.0. The van der Waals surface area contributed by atoms with E-state index in [0.717, 1.165) is 38.6 Å². The lowest BCUT2D eigenvalue weighted by Gasteiger charge is -2.28. The fourth-order valence-electron chi connectivity index (χ4n) is 4.66. The molecule has 35 heavy (non-hydrogen) atoms. The van der Waals surface area contributed by atoms with E-state index in [9.17, 15) is 0 Å². The van der Waals surface area contributed by atoms with Crippen molar-refractivity contribution >= 4 is 8.80 Å². The number of rotatable bonds is 30. The zero-order valence-electron chi connectivity index (χ0n) is 24.4. The number of nitrogens with one attached hydrogen (secondary N) is 2. The molecule has 0 spiro atoms. The van der Waals surface area contributed by atoms with Crippen LogP contribution in [0.4, 0.5) is 0 Å². The molecule has 0 fully saturated rings. The smallest absolute Gasteiger partial charge is 0.374 e. The van der Waals surface area contributed by atoms with E-state index < -0.39 is 8.80 Å². The van der Waals surface area contributed by atoms with Crippen LogP contribution < -0.4 is 10.6 Å². The SMILES string of the molecule is CCCCCCCCCCCCCCCCCCNCCNCCC[Si](OCC)(OCC)OCC. The quantitative estimate of drug-likeness (QED) is 0.0751. The summed E-state index contributed by atoms with van der Waals surface area (Å²) in [6, 6.07) is 0.891. The van der Waals surface area contributed by atoms with Gasteiger partial charge in [-0.25, -0.2) is 0 Å². The van der Waals surface area contributed by atoms with Crippen LogP contribution in [0.15, 0.2) is 0 Å². The minimum Gasteiger partial charge on any atom is -0.374 e. The maximum atomic E-state index is 5.91. The monoisotopic (exact) mass is 516 g/mol. The molecule has 212 valence electrons. The van der Waals surface area contributed by atoms with E-state index in [-0.39, 0.29) is 0 Å². The first-order valence-electron chi connectivity index (χ1n) is 15.6. The highest BCUT2D eigenvalue weighted by molar-refractivity contribution is 6.60. The van der Waals surface area contributed by atoms with E-state index in [2.05, 4.69) is 17.6 Å². The molecule has 0 bridgehead atoms. The van der Waals surface area contributed by atoms with Gasteiger partial charge in [0.1, 0.15) is 0 Å². The average molecular weight is 517 g/mol. The molecule has 0 aliphatic heterocycles. The second-order valence-corrected chi connectivity index (χ2v) is 12.6. The van der Waals surface area contributed by atoms with Crippen molar-refractivity contribution in [1.82, 2.24) is 10.6 Å². The lowest BCUT2D eigenvalue weighted by molar-refractivity contribution is 0.0708. The zero-order valence-corrected chi connectivity index (χ0v) is 25.4. The third kappa shape index (κ3) is 24.1. The van der Waals surface area contributed by atoms with Gasteiger partial charge < -0.3 is 23.9 Å². The fourth-order valence-corrected chi connectivity index (χ4v) is 7.27. The number of hydrogen-bond acceptors (Lipinski definition) is 5. The molecule has 0 aromatic rings. The van der Waals surface area contributed by atoms with Gasteiger partial charge in [0, 0.05) is 39.0 Å². The molecule has 0 aromatic heterocycles. The molecule has 0 saturated heterocycles. The minimum atomic E-state index is -2.47. The van der Waals surface area contributed by atoms with Crippen LogP contribution in [-0.4, -0.2) is 54.8 Å². The molecule has 2 N–H and O–H groups in total. The molecule has 0 saturated carbocycles. The van der Waals surface area contributed by atoms with Crippen LogP contribution in [0.2, 0.25) is 6.04 Å². The van der Waals surface area contributed by atoms with Crippen LogP contribution in [0.3, 0.4) is 0 Å². The second kappa shape index (κ2) is 28.6. The Bertz CT molecular complexity index is 385. The summed E-state index contributed by atoms with van der Waals surface area (Å²) in [4.78, 5) is 0. The maximum Gasteiger partial charge on any atom is 0.500 e. The first-order valence-corrected chi connectivity index (χ1v) is 17.5. The molecule has 0 radical (unpaired) electrons. The van der Waals surface area contributed by atoms with Crippen molar-refractivity contribution in [3.63, 3.8) is 0 Å².